The first kappa shape index (κ1) is 17.1. The summed E-state index contributed by atoms with van der Waals surface area (Å²) in [5.41, 5.74) is 6.70. The molecule has 3 unspecified atom stereocenters. The van der Waals surface area contributed by atoms with Crippen LogP contribution in [0.4, 0.5) is 0 Å². The summed E-state index contributed by atoms with van der Waals surface area (Å²) >= 11 is 0. The number of aromatic amines is 1. The number of aromatic nitrogens is 1. The molecule has 2 heterocycles. The molecule has 1 aliphatic heterocycles. The lowest BCUT2D eigenvalue weighted by atomic mass is 9.93. The number of benzene rings is 1. The number of H-pyrrole nitrogens is 1. The van der Waals surface area contributed by atoms with Gasteiger partial charge in [-0.15, -0.1) is 0 Å². The van der Waals surface area contributed by atoms with Crippen molar-refractivity contribution in [3.05, 3.63) is 34.5 Å². The molecular formula is C21H31N3O. The first-order valence-corrected chi connectivity index (χ1v) is 9.76. The minimum absolute atomic E-state index is 0.515. The zero-order valence-electron chi connectivity index (χ0n) is 15.7. The van der Waals surface area contributed by atoms with Crippen LogP contribution in [0.25, 0.3) is 10.9 Å². The molecule has 3 atom stereocenters. The smallest absolute Gasteiger partial charge is 0.0623 e. The van der Waals surface area contributed by atoms with E-state index in [0.29, 0.717) is 18.0 Å². The lowest BCUT2D eigenvalue weighted by Gasteiger charge is -2.33. The molecule has 3 N–H and O–H groups in total. The summed E-state index contributed by atoms with van der Waals surface area (Å²) in [4.78, 5) is 3.60. The van der Waals surface area contributed by atoms with Gasteiger partial charge in [-0.25, -0.2) is 0 Å². The van der Waals surface area contributed by atoms with Crippen molar-refractivity contribution in [2.24, 2.45) is 5.92 Å². The third kappa shape index (κ3) is 3.35. The van der Waals surface area contributed by atoms with Crippen LogP contribution in [0.2, 0.25) is 0 Å². The highest BCUT2D eigenvalue weighted by atomic mass is 16.5. The average molecular weight is 341 g/mol. The predicted octanol–water partition coefficient (Wildman–Crippen LogP) is 3.34. The summed E-state index contributed by atoms with van der Waals surface area (Å²) in [7, 11) is 0. The average Bonchev–Trinajstić information content (AvgIpc) is 3.20. The maximum absolute atomic E-state index is 5.70. The van der Waals surface area contributed by atoms with Crippen LogP contribution >= 0.6 is 0 Å². The molecule has 2 aromatic rings. The lowest BCUT2D eigenvalue weighted by molar-refractivity contribution is 0.0524. The van der Waals surface area contributed by atoms with E-state index in [-0.39, 0.29) is 0 Å². The molecule has 0 spiro atoms. The van der Waals surface area contributed by atoms with E-state index >= 15 is 0 Å². The Bertz CT molecular complexity index is 745. The van der Waals surface area contributed by atoms with Crippen LogP contribution in [0.15, 0.2) is 12.1 Å². The zero-order valence-corrected chi connectivity index (χ0v) is 15.7. The molecule has 0 bridgehead atoms. The normalized spacial score (nSPS) is 27.2. The fraction of sp³-hybridized carbons (Fsp3) is 0.619. The van der Waals surface area contributed by atoms with Crippen molar-refractivity contribution in [2.45, 2.75) is 58.7 Å². The third-order valence-corrected chi connectivity index (χ3v) is 6.23. The van der Waals surface area contributed by atoms with Crippen LogP contribution in [0.5, 0.6) is 0 Å². The molecule has 1 aromatic carbocycles. The number of morpholine rings is 1. The van der Waals surface area contributed by atoms with Gasteiger partial charge in [-0.3, -0.25) is 0 Å². The Morgan fingerprint density at radius 3 is 2.88 bits per heavy atom. The zero-order chi connectivity index (χ0) is 17.4. The van der Waals surface area contributed by atoms with Gasteiger partial charge in [0.15, 0.2) is 0 Å². The van der Waals surface area contributed by atoms with Crippen LogP contribution in [0.3, 0.4) is 0 Å². The molecule has 2 aliphatic rings. The molecule has 1 aromatic heterocycles. The minimum atomic E-state index is 0.515. The minimum Gasteiger partial charge on any atom is -0.379 e. The van der Waals surface area contributed by atoms with E-state index in [9.17, 15) is 0 Å². The molecule has 4 rings (SSSR count). The number of hydrogen-bond donors (Lipinski definition) is 3. The van der Waals surface area contributed by atoms with Gasteiger partial charge in [0.05, 0.1) is 18.7 Å². The van der Waals surface area contributed by atoms with Crippen molar-refractivity contribution in [3.8, 4) is 0 Å². The summed E-state index contributed by atoms with van der Waals surface area (Å²) in [5.74, 6) is 0.688. The monoisotopic (exact) mass is 341 g/mol. The molecule has 136 valence electrons. The van der Waals surface area contributed by atoms with E-state index in [1.807, 2.05) is 0 Å². The van der Waals surface area contributed by atoms with Crippen molar-refractivity contribution in [3.63, 3.8) is 0 Å². The Labute approximate surface area is 150 Å². The van der Waals surface area contributed by atoms with E-state index in [2.05, 4.69) is 48.5 Å². The van der Waals surface area contributed by atoms with Crippen molar-refractivity contribution < 1.29 is 4.74 Å². The Morgan fingerprint density at radius 2 is 2.08 bits per heavy atom. The van der Waals surface area contributed by atoms with Crippen molar-refractivity contribution in [1.82, 2.24) is 15.6 Å². The Kier molecular flexibility index (Phi) is 4.85. The first-order chi connectivity index (χ1) is 12.1. The van der Waals surface area contributed by atoms with Gasteiger partial charge in [0.2, 0.25) is 0 Å². The maximum atomic E-state index is 5.70. The van der Waals surface area contributed by atoms with Gasteiger partial charge in [0.25, 0.3) is 0 Å². The maximum Gasteiger partial charge on any atom is 0.0623 e. The fourth-order valence-electron chi connectivity index (χ4n) is 4.75. The molecule has 1 aliphatic carbocycles. The van der Waals surface area contributed by atoms with Gasteiger partial charge in [-0.1, -0.05) is 18.1 Å². The molecule has 25 heavy (non-hydrogen) atoms. The number of ether oxygens (including phenoxy) is 1. The SMILES string of the molecule is Cc1cc(CNC2CCCC2C2COCCN2)c2[nH]c(C)c(C)c2c1. The topological polar surface area (TPSA) is 49.1 Å². The van der Waals surface area contributed by atoms with Crippen molar-refractivity contribution >= 4 is 10.9 Å². The summed E-state index contributed by atoms with van der Waals surface area (Å²) < 4.78 is 5.70. The van der Waals surface area contributed by atoms with Crippen molar-refractivity contribution in [1.29, 1.82) is 0 Å². The second-order valence-electron chi connectivity index (χ2n) is 7.94. The van der Waals surface area contributed by atoms with Crippen LogP contribution in [0, 0.1) is 26.7 Å². The molecule has 0 radical (unpaired) electrons. The van der Waals surface area contributed by atoms with Gasteiger partial charge in [-0.05, 0) is 56.7 Å². The largest absolute Gasteiger partial charge is 0.379 e. The van der Waals surface area contributed by atoms with Crippen LogP contribution in [-0.4, -0.2) is 36.8 Å². The third-order valence-electron chi connectivity index (χ3n) is 6.23. The number of aryl methyl sites for hydroxylation is 3. The molecule has 1 saturated carbocycles. The molecule has 0 amide bonds. The number of nitrogens with one attached hydrogen (secondary N) is 3. The highest BCUT2D eigenvalue weighted by Crippen LogP contribution is 2.31. The van der Waals surface area contributed by atoms with Gasteiger partial charge < -0.3 is 20.4 Å². The number of fused-ring (bicyclic) bond motifs is 1. The number of rotatable bonds is 4. The molecule has 4 nitrogen and oxygen atoms in total. The van der Waals surface area contributed by atoms with Crippen molar-refractivity contribution in [2.75, 3.05) is 19.8 Å². The Balaban J connectivity index is 1.51. The van der Waals surface area contributed by atoms with E-state index in [0.717, 1.165) is 26.3 Å². The van der Waals surface area contributed by atoms with Gasteiger partial charge in [0.1, 0.15) is 0 Å². The number of hydrogen-bond acceptors (Lipinski definition) is 3. The summed E-state index contributed by atoms with van der Waals surface area (Å²) in [6.07, 6.45) is 3.91. The van der Waals surface area contributed by atoms with Crippen LogP contribution in [0.1, 0.15) is 41.6 Å². The van der Waals surface area contributed by atoms with Gasteiger partial charge in [0, 0.05) is 36.3 Å². The van der Waals surface area contributed by atoms with Crippen LogP contribution < -0.4 is 10.6 Å². The predicted molar refractivity (Wildman–Crippen MR) is 103 cm³/mol. The summed E-state index contributed by atoms with van der Waals surface area (Å²) in [6.45, 7) is 10.2. The van der Waals surface area contributed by atoms with Crippen LogP contribution in [-0.2, 0) is 11.3 Å². The van der Waals surface area contributed by atoms with E-state index in [1.54, 1.807) is 0 Å². The van der Waals surface area contributed by atoms with E-state index in [1.165, 1.54) is 52.5 Å². The van der Waals surface area contributed by atoms with E-state index in [4.69, 9.17) is 4.74 Å². The lowest BCUT2D eigenvalue weighted by Crippen LogP contribution is -2.50. The second-order valence-corrected chi connectivity index (χ2v) is 7.94. The molecule has 1 saturated heterocycles. The van der Waals surface area contributed by atoms with Gasteiger partial charge in [-0.2, -0.15) is 0 Å². The van der Waals surface area contributed by atoms with Gasteiger partial charge >= 0.3 is 0 Å². The first-order valence-electron chi connectivity index (χ1n) is 9.76. The summed E-state index contributed by atoms with van der Waals surface area (Å²) in [6, 6.07) is 5.74. The molecule has 2 fully saturated rings. The fourth-order valence-corrected chi connectivity index (χ4v) is 4.75. The molecular weight excluding hydrogens is 310 g/mol. The highest BCUT2D eigenvalue weighted by molar-refractivity contribution is 5.87. The molecule has 4 heteroatoms. The Morgan fingerprint density at radius 1 is 1.20 bits per heavy atom. The standard InChI is InChI=1S/C21H31N3O/c1-13-9-16(21-18(10-13)14(2)15(3)24-21)11-23-19-6-4-5-17(19)20-12-25-8-7-22-20/h9-10,17,19-20,22-24H,4-8,11-12H2,1-3H3. The Hall–Kier alpha value is -1.36. The second kappa shape index (κ2) is 7.10. The summed E-state index contributed by atoms with van der Waals surface area (Å²) in [5, 5.41) is 8.92. The quantitative estimate of drug-likeness (QED) is 0.799. The highest BCUT2D eigenvalue weighted by Gasteiger charge is 2.34. The van der Waals surface area contributed by atoms with E-state index < -0.39 is 0 Å².